The number of hydrogen-bond acceptors (Lipinski definition) is 14. The summed E-state index contributed by atoms with van der Waals surface area (Å²) in [6.07, 6.45) is -11.1. The molecule has 304 valence electrons. The van der Waals surface area contributed by atoms with Crippen molar-refractivity contribution in [1.82, 2.24) is 0 Å². The van der Waals surface area contributed by atoms with E-state index in [4.69, 9.17) is 28.4 Å². The Morgan fingerprint density at radius 3 is 2.04 bits per heavy atom. The van der Waals surface area contributed by atoms with Crippen LogP contribution in [0.25, 0.3) is 0 Å². The van der Waals surface area contributed by atoms with E-state index in [0.717, 1.165) is 0 Å². The van der Waals surface area contributed by atoms with Gasteiger partial charge in [-0.05, 0) is 54.4 Å². The fourth-order valence-electron chi connectivity index (χ4n) is 8.52. The van der Waals surface area contributed by atoms with E-state index in [1.165, 1.54) is 42.0 Å². The van der Waals surface area contributed by atoms with Crippen molar-refractivity contribution >= 4 is 11.8 Å². The fourth-order valence-corrected chi connectivity index (χ4v) is 8.52. The number of hydroxylamine groups is 3. The summed E-state index contributed by atoms with van der Waals surface area (Å²) in [5.41, 5.74) is -4.98. The summed E-state index contributed by atoms with van der Waals surface area (Å²) in [5, 5.41) is 70.7. The van der Waals surface area contributed by atoms with Crippen LogP contribution in [0.3, 0.4) is 0 Å². The molecular weight excluding hydrogens is 682 g/mol. The zero-order valence-corrected chi connectivity index (χ0v) is 33.3. The lowest BCUT2D eigenvalue weighted by atomic mass is 9.74. The molecule has 0 aromatic carbocycles. The van der Waals surface area contributed by atoms with Crippen LogP contribution in [0.2, 0.25) is 0 Å². The fraction of sp³-hybridized carbons (Fsp3) is 0.946. The molecular formula is C37H67NO14. The van der Waals surface area contributed by atoms with Crippen LogP contribution in [0, 0.1) is 28.9 Å². The highest BCUT2D eigenvalue weighted by Crippen LogP contribution is 2.41. The van der Waals surface area contributed by atoms with Gasteiger partial charge in [-0.25, -0.2) is 0 Å². The lowest BCUT2D eigenvalue weighted by Gasteiger charge is -2.51. The predicted octanol–water partition coefficient (Wildman–Crippen LogP) is 1.80. The molecule has 0 amide bonds. The third-order valence-electron chi connectivity index (χ3n) is 12.0. The Kier molecular flexibility index (Phi) is 14.6. The molecule has 3 aliphatic heterocycles. The van der Waals surface area contributed by atoms with Crippen LogP contribution in [0.4, 0.5) is 0 Å². The summed E-state index contributed by atoms with van der Waals surface area (Å²) >= 11 is 0. The molecule has 15 nitrogen and oxygen atoms in total. The highest BCUT2D eigenvalue weighted by Gasteiger charge is 2.54. The van der Waals surface area contributed by atoms with Gasteiger partial charge in [-0.15, -0.1) is 0 Å². The van der Waals surface area contributed by atoms with Crippen LogP contribution >= 0.6 is 0 Å². The van der Waals surface area contributed by atoms with Crippen LogP contribution in [0.5, 0.6) is 0 Å². The molecule has 0 aromatic heterocycles. The lowest BCUT2D eigenvalue weighted by Crippen LogP contribution is -2.63. The minimum atomic E-state index is -2.02. The minimum Gasteiger partial charge on any atom is -0.633 e. The first kappa shape index (κ1) is 45.1. The molecule has 3 heterocycles. The number of aliphatic hydroxyl groups excluding tert-OH is 3. The number of nitrogens with zero attached hydrogens (tertiary/aromatic N) is 1. The summed E-state index contributed by atoms with van der Waals surface area (Å²) in [5.74, 6) is -5.27. The zero-order chi connectivity index (χ0) is 39.9. The smallest absolute Gasteiger partial charge is 0.311 e. The molecule has 52 heavy (non-hydrogen) atoms. The van der Waals surface area contributed by atoms with Crippen molar-refractivity contribution in [1.29, 1.82) is 0 Å². The van der Waals surface area contributed by atoms with Gasteiger partial charge in [0.1, 0.15) is 29.6 Å². The van der Waals surface area contributed by atoms with Gasteiger partial charge in [0.05, 0.1) is 61.7 Å². The van der Waals surface area contributed by atoms with E-state index in [-0.39, 0.29) is 25.7 Å². The molecule has 0 bridgehead atoms. The Balaban J connectivity index is 2.20. The number of quaternary nitrogens is 1. The van der Waals surface area contributed by atoms with Crippen LogP contribution in [0.15, 0.2) is 0 Å². The number of aliphatic hydroxyl groups is 5. The van der Waals surface area contributed by atoms with Gasteiger partial charge < -0.3 is 63.8 Å². The second kappa shape index (κ2) is 16.8. The molecule has 3 fully saturated rings. The van der Waals surface area contributed by atoms with E-state index >= 15 is 0 Å². The Labute approximate surface area is 309 Å². The molecule has 15 heteroatoms. The van der Waals surface area contributed by atoms with Crippen LogP contribution < -0.4 is 0 Å². The number of esters is 1. The highest BCUT2D eigenvalue weighted by molar-refractivity contribution is 5.83. The van der Waals surface area contributed by atoms with E-state index in [0.29, 0.717) is 0 Å². The van der Waals surface area contributed by atoms with Gasteiger partial charge in [0, 0.05) is 37.7 Å². The number of Topliss-reactive ketones (excluding diaryl/α,β-unsaturated/α-hetero) is 1. The average molecular weight is 750 g/mol. The zero-order valence-electron chi connectivity index (χ0n) is 33.3. The first-order valence-electron chi connectivity index (χ1n) is 18.7. The maximum absolute atomic E-state index is 14.1. The molecule has 0 saturated carbocycles. The molecule has 18 atom stereocenters. The quantitative estimate of drug-likeness (QED) is 0.143. The van der Waals surface area contributed by atoms with Gasteiger partial charge in [0.2, 0.25) is 0 Å². The summed E-state index contributed by atoms with van der Waals surface area (Å²) in [7, 11) is 4.30. The summed E-state index contributed by atoms with van der Waals surface area (Å²) in [6, 6.07) is -0.828. The van der Waals surface area contributed by atoms with Gasteiger partial charge >= 0.3 is 5.97 Å². The molecule has 0 spiro atoms. The number of ketones is 1. The molecule has 5 N–H and O–H groups in total. The first-order chi connectivity index (χ1) is 23.7. The average Bonchev–Trinajstić information content (AvgIpc) is 3.05. The molecule has 0 aliphatic carbocycles. The van der Waals surface area contributed by atoms with Crippen LogP contribution in [-0.2, 0) is 38.0 Å². The van der Waals surface area contributed by atoms with Gasteiger partial charge in [-0.3, -0.25) is 9.59 Å². The SMILES string of the molecule is CCC1OC(=O)[C@@H](C)C(O[C@@H]2C[C@](C)(OC)[C@H](O)[C@@H](C)O2)[C@@H](C)[C@H](O[C@H]2O[C@@H](C)C[C@@H]([N+](C)(C)[O-])[C@@H]2O)[C@@](C)(O)C[C@H](C)C(=O)C(C)[C@H](O)[C@@]1(C)O. The van der Waals surface area contributed by atoms with Crippen molar-refractivity contribution in [3.8, 4) is 0 Å². The van der Waals surface area contributed by atoms with Crippen molar-refractivity contribution in [2.45, 2.75) is 179 Å². The van der Waals surface area contributed by atoms with E-state index < -0.39 is 124 Å². The molecule has 3 aliphatic rings. The van der Waals surface area contributed by atoms with Crippen molar-refractivity contribution in [2.75, 3.05) is 21.2 Å². The molecule has 3 unspecified atom stereocenters. The number of carbonyl (C=O) groups is 2. The monoisotopic (exact) mass is 749 g/mol. The number of rotatable bonds is 7. The number of carbonyl (C=O) groups excluding carboxylic acids is 2. The summed E-state index contributed by atoms with van der Waals surface area (Å²) in [4.78, 5) is 27.9. The lowest BCUT2D eigenvalue weighted by molar-refractivity contribution is -0.874. The van der Waals surface area contributed by atoms with E-state index in [1.54, 1.807) is 48.5 Å². The topological polar surface area (TPSA) is 214 Å². The molecule has 0 aromatic rings. The van der Waals surface area contributed by atoms with Crippen LogP contribution in [-0.4, -0.2) is 147 Å². The first-order valence-corrected chi connectivity index (χ1v) is 18.7. The van der Waals surface area contributed by atoms with Crippen molar-refractivity contribution in [3.63, 3.8) is 0 Å². The second-order valence-electron chi connectivity index (χ2n) is 16.9. The third-order valence-corrected chi connectivity index (χ3v) is 12.0. The Hall–Kier alpha value is -1.34. The Morgan fingerprint density at radius 1 is 0.904 bits per heavy atom. The van der Waals surface area contributed by atoms with Crippen LogP contribution in [0.1, 0.15) is 94.9 Å². The number of ether oxygens (including phenoxy) is 6. The largest absolute Gasteiger partial charge is 0.633 e. The summed E-state index contributed by atoms with van der Waals surface area (Å²) < 4.78 is 36.0. The van der Waals surface area contributed by atoms with Gasteiger partial charge in [-0.1, -0.05) is 27.7 Å². The molecule has 3 rings (SSSR count). The van der Waals surface area contributed by atoms with Crippen molar-refractivity contribution in [3.05, 3.63) is 5.21 Å². The maximum Gasteiger partial charge on any atom is 0.311 e. The number of cyclic esters (lactones) is 1. The van der Waals surface area contributed by atoms with Gasteiger partial charge in [0.15, 0.2) is 18.7 Å². The van der Waals surface area contributed by atoms with Gasteiger partial charge in [-0.2, -0.15) is 0 Å². The highest BCUT2D eigenvalue weighted by atomic mass is 16.7. The number of hydrogen-bond donors (Lipinski definition) is 5. The second-order valence-corrected chi connectivity index (χ2v) is 16.9. The van der Waals surface area contributed by atoms with Crippen molar-refractivity contribution in [2.24, 2.45) is 23.7 Å². The van der Waals surface area contributed by atoms with Crippen molar-refractivity contribution < 1.29 is 68.2 Å². The van der Waals surface area contributed by atoms with E-state index in [1.807, 2.05) is 0 Å². The maximum atomic E-state index is 14.1. The number of likely N-dealkylation sites (N-methyl/N-ethyl adjacent to an activating group) is 1. The van der Waals surface area contributed by atoms with Gasteiger partial charge in [0.25, 0.3) is 0 Å². The van der Waals surface area contributed by atoms with E-state index in [2.05, 4.69) is 0 Å². The minimum absolute atomic E-state index is 0.0595. The Morgan fingerprint density at radius 2 is 1.50 bits per heavy atom. The molecule has 3 saturated heterocycles. The van der Waals surface area contributed by atoms with E-state index in [9.17, 15) is 40.3 Å². The number of methoxy groups -OCH3 is 1. The molecule has 0 radical (unpaired) electrons. The normalized spacial score (nSPS) is 49.2. The summed E-state index contributed by atoms with van der Waals surface area (Å²) in [6.45, 7) is 15.9. The Bertz CT molecular complexity index is 1210. The third kappa shape index (κ3) is 9.54. The standard InChI is InChI=1S/C37H67NO14/c1-14-25-37(10,45)30(41)20(4)27(39)18(2)16-35(8,44)32(52-34-28(40)24(38(11,12)46)15-19(3)48-34)21(5)29(22(6)33(43)50-25)51-26-17-36(9,47-13)31(42)23(7)49-26/h18-26,28-32,34,40-42,44-45H,14-17H2,1-13H3/t18-,19-,20?,21+,22-,23+,24+,25?,26+,28-,29?,30-,31+,32-,34+,35-,36-,37-/m0/s1. The predicted molar refractivity (Wildman–Crippen MR) is 188 cm³/mol.